The number of carbonyl (C=O) groups excluding carboxylic acids is 1. The number of aromatic nitrogens is 1. The number of morpholine rings is 1. The Balaban J connectivity index is 2.10. The van der Waals surface area contributed by atoms with Crippen LogP contribution in [0, 0.1) is 20.8 Å². The van der Waals surface area contributed by atoms with Crippen molar-refractivity contribution >= 4 is 11.7 Å². The van der Waals surface area contributed by atoms with Crippen molar-refractivity contribution in [3.8, 4) is 0 Å². The number of pyridine rings is 1. The number of anilines is 1. The Kier molecular flexibility index (Phi) is 5.74. The van der Waals surface area contributed by atoms with Gasteiger partial charge in [0, 0.05) is 26.0 Å². The van der Waals surface area contributed by atoms with E-state index >= 15 is 0 Å². The fourth-order valence-corrected chi connectivity index (χ4v) is 2.81. The van der Waals surface area contributed by atoms with Crippen LogP contribution in [-0.4, -0.2) is 55.4 Å². The smallest absolute Gasteiger partial charge is 0.322 e. The van der Waals surface area contributed by atoms with Crippen molar-refractivity contribution in [2.75, 3.05) is 38.8 Å². The number of methoxy groups -OCH3 is 1. The highest BCUT2D eigenvalue weighted by molar-refractivity contribution is 5.91. The minimum absolute atomic E-state index is 0.0488. The van der Waals surface area contributed by atoms with Crippen molar-refractivity contribution in [2.45, 2.75) is 33.2 Å². The third-order valence-corrected chi connectivity index (χ3v) is 3.90. The standard InChI is InChI=1S/C16H25N3O3/c1-11-9-12(2)17-13(3)15(11)18-16(20)19-6-8-22-10-14(19)5-7-21-4/h9,14H,5-8,10H2,1-4H3,(H,18,20)/t14-/m1/s1. The molecule has 1 atom stereocenters. The first-order valence-corrected chi connectivity index (χ1v) is 7.62. The van der Waals surface area contributed by atoms with Crippen molar-refractivity contribution in [3.63, 3.8) is 0 Å². The van der Waals surface area contributed by atoms with Gasteiger partial charge in [-0.15, -0.1) is 0 Å². The van der Waals surface area contributed by atoms with Gasteiger partial charge < -0.3 is 19.7 Å². The predicted molar refractivity (Wildman–Crippen MR) is 85.3 cm³/mol. The molecule has 2 amide bonds. The average Bonchev–Trinajstić information content (AvgIpc) is 2.48. The first-order chi connectivity index (χ1) is 10.5. The maximum atomic E-state index is 12.6. The van der Waals surface area contributed by atoms with Crippen molar-refractivity contribution < 1.29 is 14.3 Å². The van der Waals surface area contributed by atoms with Gasteiger partial charge in [0.05, 0.1) is 30.6 Å². The molecule has 0 aromatic carbocycles. The highest BCUT2D eigenvalue weighted by Gasteiger charge is 2.27. The van der Waals surface area contributed by atoms with Crippen LogP contribution < -0.4 is 5.32 Å². The number of rotatable bonds is 4. The van der Waals surface area contributed by atoms with Crippen LogP contribution in [0.3, 0.4) is 0 Å². The number of amides is 2. The Morgan fingerprint density at radius 3 is 2.95 bits per heavy atom. The largest absolute Gasteiger partial charge is 0.385 e. The second kappa shape index (κ2) is 7.56. The van der Waals surface area contributed by atoms with Gasteiger partial charge in [0.1, 0.15) is 0 Å². The van der Waals surface area contributed by atoms with E-state index in [-0.39, 0.29) is 12.1 Å². The zero-order chi connectivity index (χ0) is 16.1. The summed E-state index contributed by atoms with van der Waals surface area (Å²) < 4.78 is 10.6. The molecule has 0 radical (unpaired) electrons. The summed E-state index contributed by atoms with van der Waals surface area (Å²) in [5.41, 5.74) is 3.62. The fourth-order valence-electron chi connectivity index (χ4n) is 2.81. The first kappa shape index (κ1) is 16.7. The SMILES string of the molecule is COCC[C@@H]1COCCN1C(=O)Nc1c(C)cc(C)nc1C. The molecular weight excluding hydrogens is 282 g/mol. The molecule has 0 aliphatic carbocycles. The number of hydrogen-bond donors (Lipinski definition) is 1. The number of aryl methyl sites for hydroxylation is 3. The van der Waals surface area contributed by atoms with Gasteiger partial charge in [-0.3, -0.25) is 4.98 Å². The predicted octanol–water partition coefficient (Wildman–Crippen LogP) is 2.28. The van der Waals surface area contributed by atoms with Gasteiger partial charge in [0.2, 0.25) is 0 Å². The van der Waals surface area contributed by atoms with E-state index in [2.05, 4.69) is 10.3 Å². The lowest BCUT2D eigenvalue weighted by atomic mass is 10.1. The lowest BCUT2D eigenvalue weighted by molar-refractivity contribution is 0.00448. The number of ether oxygens (including phenoxy) is 2. The molecule has 22 heavy (non-hydrogen) atoms. The molecule has 1 aliphatic rings. The van der Waals surface area contributed by atoms with Gasteiger partial charge in [-0.05, 0) is 38.8 Å². The molecule has 1 saturated heterocycles. The third kappa shape index (κ3) is 3.96. The zero-order valence-corrected chi connectivity index (χ0v) is 13.8. The second-order valence-corrected chi connectivity index (χ2v) is 5.67. The maximum Gasteiger partial charge on any atom is 0.322 e. The molecule has 1 aromatic heterocycles. The molecule has 6 heteroatoms. The van der Waals surface area contributed by atoms with Crippen LogP contribution in [0.2, 0.25) is 0 Å². The Labute approximate surface area is 131 Å². The molecule has 6 nitrogen and oxygen atoms in total. The van der Waals surface area contributed by atoms with Crippen LogP contribution in [0.1, 0.15) is 23.4 Å². The van der Waals surface area contributed by atoms with E-state index < -0.39 is 0 Å². The summed E-state index contributed by atoms with van der Waals surface area (Å²) >= 11 is 0. The van der Waals surface area contributed by atoms with Gasteiger partial charge in [-0.2, -0.15) is 0 Å². The van der Waals surface area contributed by atoms with Crippen molar-refractivity contribution in [3.05, 3.63) is 23.0 Å². The van der Waals surface area contributed by atoms with Crippen LogP contribution in [0.4, 0.5) is 10.5 Å². The van der Waals surface area contributed by atoms with Crippen LogP contribution in [0.15, 0.2) is 6.07 Å². The summed E-state index contributed by atoms with van der Waals surface area (Å²) in [6, 6.07) is 1.93. The van der Waals surface area contributed by atoms with Gasteiger partial charge in [-0.1, -0.05) is 0 Å². The molecule has 0 saturated carbocycles. The Hall–Kier alpha value is -1.66. The van der Waals surface area contributed by atoms with Crippen molar-refractivity contribution in [2.24, 2.45) is 0 Å². The number of hydrogen-bond acceptors (Lipinski definition) is 4. The zero-order valence-electron chi connectivity index (χ0n) is 13.8. The summed E-state index contributed by atoms with van der Waals surface area (Å²) in [6.45, 7) is 8.19. The maximum absolute atomic E-state index is 12.6. The second-order valence-electron chi connectivity index (χ2n) is 5.67. The van der Waals surface area contributed by atoms with Crippen LogP contribution in [-0.2, 0) is 9.47 Å². The number of nitrogens with zero attached hydrogens (tertiary/aromatic N) is 2. The van der Waals surface area contributed by atoms with Crippen LogP contribution in [0.25, 0.3) is 0 Å². The number of nitrogens with one attached hydrogen (secondary N) is 1. The van der Waals surface area contributed by atoms with Gasteiger partial charge in [0.25, 0.3) is 0 Å². The molecular formula is C16H25N3O3. The molecule has 2 heterocycles. The molecule has 1 N–H and O–H groups in total. The highest BCUT2D eigenvalue weighted by Crippen LogP contribution is 2.21. The number of urea groups is 1. The van der Waals surface area contributed by atoms with Gasteiger partial charge in [0.15, 0.2) is 0 Å². The summed E-state index contributed by atoms with van der Waals surface area (Å²) in [5.74, 6) is 0. The minimum atomic E-state index is -0.0961. The van der Waals surface area contributed by atoms with Crippen molar-refractivity contribution in [1.29, 1.82) is 0 Å². The molecule has 0 bridgehead atoms. The normalized spacial score (nSPS) is 18.4. The van der Waals surface area contributed by atoms with E-state index in [0.717, 1.165) is 29.1 Å². The highest BCUT2D eigenvalue weighted by atomic mass is 16.5. The van der Waals surface area contributed by atoms with E-state index in [4.69, 9.17) is 9.47 Å². The van der Waals surface area contributed by atoms with E-state index in [9.17, 15) is 4.79 Å². The molecule has 0 unspecified atom stereocenters. The quantitative estimate of drug-likeness (QED) is 0.927. The Bertz CT molecular complexity index is 510. The summed E-state index contributed by atoms with van der Waals surface area (Å²) in [5, 5.41) is 3.01. The molecule has 1 fully saturated rings. The van der Waals surface area contributed by atoms with E-state index in [1.165, 1.54) is 0 Å². The summed E-state index contributed by atoms with van der Waals surface area (Å²) in [6.07, 6.45) is 0.772. The number of carbonyl (C=O) groups is 1. The Morgan fingerprint density at radius 1 is 1.50 bits per heavy atom. The fraction of sp³-hybridized carbons (Fsp3) is 0.625. The molecule has 122 valence electrons. The molecule has 1 aliphatic heterocycles. The first-order valence-electron chi connectivity index (χ1n) is 7.62. The molecule has 2 rings (SSSR count). The van der Waals surface area contributed by atoms with E-state index in [1.807, 2.05) is 31.7 Å². The van der Waals surface area contributed by atoms with E-state index in [0.29, 0.717) is 26.4 Å². The topological polar surface area (TPSA) is 63.7 Å². The molecule has 0 spiro atoms. The van der Waals surface area contributed by atoms with Gasteiger partial charge in [-0.25, -0.2) is 4.79 Å². The lowest BCUT2D eigenvalue weighted by Crippen LogP contribution is -2.50. The third-order valence-electron chi connectivity index (χ3n) is 3.90. The summed E-state index contributed by atoms with van der Waals surface area (Å²) in [4.78, 5) is 18.9. The van der Waals surface area contributed by atoms with Crippen LogP contribution >= 0.6 is 0 Å². The molecule has 1 aromatic rings. The van der Waals surface area contributed by atoms with Gasteiger partial charge >= 0.3 is 6.03 Å². The minimum Gasteiger partial charge on any atom is -0.385 e. The Morgan fingerprint density at radius 2 is 2.27 bits per heavy atom. The monoisotopic (exact) mass is 307 g/mol. The summed E-state index contributed by atoms with van der Waals surface area (Å²) in [7, 11) is 1.67. The van der Waals surface area contributed by atoms with Crippen LogP contribution in [0.5, 0.6) is 0 Å². The lowest BCUT2D eigenvalue weighted by Gasteiger charge is -2.35. The van der Waals surface area contributed by atoms with Crippen molar-refractivity contribution in [1.82, 2.24) is 9.88 Å². The average molecular weight is 307 g/mol. The van der Waals surface area contributed by atoms with E-state index in [1.54, 1.807) is 7.11 Å².